The zero-order valence-electron chi connectivity index (χ0n) is 20.5. The molecule has 4 aromatic rings. The molecule has 0 bridgehead atoms. The highest BCUT2D eigenvalue weighted by Gasteiger charge is 2.47. The first kappa shape index (κ1) is 22.1. The van der Waals surface area contributed by atoms with Gasteiger partial charge in [-0.25, -0.2) is 4.90 Å². The van der Waals surface area contributed by atoms with Crippen LogP contribution in [0.2, 0.25) is 0 Å². The molecule has 3 unspecified atom stereocenters. The van der Waals surface area contributed by atoms with Gasteiger partial charge in [0.25, 0.3) is 5.91 Å². The Hall–Kier alpha value is -4.10. The van der Waals surface area contributed by atoms with Gasteiger partial charge in [0.05, 0.1) is 18.2 Å². The molecule has 4 heterocycles. The van der Waals surface area contributed by atoms with Crippen molar-refractivity contribution >= 4 is 28.4 Å². The highest BCUT2D eigenvalue weighted by Crippen LogP contribution is 2.45. The van der Waals surface area contributed by atoms with E-state index in [-0.39, 0.29) is 30.2 Å². The third-order valence-corrected chi connectivity index (χ3v) is 7.94. The smallest absolute Gasteiger partial charge is 0.251 e. The molecule has 37 heavy (non-hydrogen) atoms. The summed E-state index contributed by atoms with van der Waals surface area (Å²) in [5.74, 6) is 0.880. The number of fused-ring (bicyclic) bond motifs is 4. The van der Waals surface area contributed by atoms with Gasteiger partial charge in [-0.1, -0.05) is 48.5 Å². The molecule has 3 aliphatic rings. The normalized spacial score (nSPS) is 23.5. The average molecular weight is 494 g/mol. The van der Waals surface area contributed by atoms with Crippen LogP contribution in [0.1, 0.15) is 42.1 Å². The summed E-state index contributed by atoms with van der Waals surface area (Å²) >= 11 is 0. The van der Waals surface area contributed by atoms with E-state index in [1.165, 1.54) is 21.4 Å². The maximum atomic E-state index is 13.8. The summed E-state index contributed by atoms with van der Waals surface area (Å²) in [6.07, 6.45) is 0.148. The molecule has 1 fully saturated rings. The standard InChI is InChI=1S/C30H27N3O4/c1-18-29-28(21-9-5-6-10-23(21)31-29)22(19-7-3-2-4-8-19)17-32(18)24-16-27(34)33(30(24)35)20-11-12-25-26(15-20)37-14-13-36-25/h2-12,15,18,22,24,31H,13-14,16-17H2,1H3. The molecule has 7 rings (SSSR count). The molecule has 0 radical (unpaired) electrons. The number of rotatable bonds is 3. The minimum absolute atomic E-state index is 0.0515. The number of para-hydroxylation sites is 1. The lowest BCUT2D eigenvalue weighted by Gasteiger charge is -2.40. The molecule has 2 amide bonds. The van der Waals surface area contributed by atoms with Gasteiger partial charge in [-0.2, -0.15) is 0 Å². The second-order valence-corrected chi connectivity index (χ2v) is 9.95. The number of ether oxygens (including phenoxy) is 2. The van der Waals surface area contributed by atoms with E-state index in [2.05, 4.69) is 59.3 Å². The van der Waals surface area contributed by atoms with E-state index in [0.29, 0.717) is 36.9 Å². The molecule has 0 spiro atoms. The van der Waals surface area contributed by atoms with Gasteiger partial charge in [0.2, 0.25) is 5.91 Å². The van der Waals surface area contributed by atoms with E-state index in [1.54, 1.807) is 18.2 Å². The van der Waals surface area contributed by atoms with Crippen LogP contribution in [-0.2, 0) is 9.59 Å². The van der Waals surface area contributed by atoms with Gasteiger partial charge in [-0.3, -0.25) is 14.5 Å². The number of nitrogens with one attached hydrogen (secondary N) is 1. The lowest BCUT2D eigenvalue weighted by Crippen LogP contribution is -2.47. The summed E-state index contributed by atoms with van der Waals surface area (Å²) in [7, 11) is 0. The first-order valence-electron chi connectivity index (χ1n) is 12.8. The molecule has 3 aromatic carbocycles. The van der Waals surface area contributed by atoms with E-state index < -0.39 is 6.04 Å². The van der Waals surface area contributed by atoms with Crippen LogP contribution in [0.15, 0.2) is 72.8 Å². The fraction of sp³-hybridized carbons (Fsp3) is 0.267. The summed E-state index contributed by atoms with van der Waals surface area (Å²) in [4.78, 5) is 34.2. The minimum Gasteiger partial charge on any atom is -0.486 e. The lowest BCUT2D eigenvalue weighted by molar-refractivity contribution is -0.123. The molecule has 1 aromatic heterocycles. The Balaban J connectivity index is 1.27. The number of hydrogen-bond acceptors (Lipinski definition) is 5. The molecule has 0 aliphatic carbocycles. The molecule has 3 aliphatic heterocycles. The van der Waals surface area contributed by atoms with Gasteiger partial charge in [-0.05, 0) is 36.2 Å². The van der Waals surface area contributed by atoms with Gasteiger partial charge < -0.3 is 14.5 Å². The predicted molar refractivity (Wildman–Crippen MR) is 140 cm³/mol. The third-order valence-electron chi connectivity index (χ3n) is 7.94. The number of hydrogen-bond donors (Lipinski definition) is 1. The van der Waals surface area contributed by atoms with E-state index in [9.17, 15) is 9.59 Å². The number of H-pyrrole nitrogens is 1. The van der Waals surface area contributed by atoms with E-state index >= 15 is 0 Å². The molecule has 3 atom stereocenters. The molecule has 1 N–H and O–H groups in total. The zero-order chi connectivity index (χ0) is 25.1. The number of carbonyl (C=O) groups excluding carboxylic acids is 2. The summed E-state index contributed by atoms with van der Waals surface area (Å²) in [5, 5.41) is 1.21. The van der Waals surface area contributed by atoms with Crippen molar-refractivity contribution in [3.05, 3.63) is 89.6 Å². The Morgan fingerprint density at radius 2 is 1.65 bits per heavy atom. The number of carbonyl (C=O) groups is 2. The van der Waals surface area contributed by atoms with E-state index in [4.69, 9.17) is 9.47 Å². The van der Waals surface area contributed by atoms with Gasteiger partial charge >= 0.3 is 0 Å². The maximum absolute atomic E-state index is 13.8. The minimum atomic E-state index is -0.540. The third kappa shape index (κ3) is 3.45. The topological polar surface area (TPSA) is 74.9 Å². The van der Waals surface area contributed by atoms with Crippen molar-refractivity contribution in [2.24, 2.45) is 0 Å². The largest absolute Gasteiger partial charge is 0.486 e. The van der Waals surface area contributed by atoms with Gasteiger partial charge in [0, 0.05) is 41.2 Å². The van der Waals surface area contributed by atoms with Crippen molar-refractivity contribution in [3.8, 4) is 11.5 Å². The Labute approximate surface area is 214 Å². The van der Waals surface area contributed by atoms with Crippen molar-refractivity contribution in [1.29, 1.82) is 0 Å². The van der Waals surface area contributed by atoms with Crippen LogP contribution in [0.25, 0.3) is 10.9 Å². The van der Waals surface area contributed by atoms with Gasteiger partial charge in [0.15, 0.2) is 11.5 Å². The quantitative estimate of drug-likeness (QED) is 0.416. The molecule has 1 saturated heterocycles. The predicted octanol–water partition coefficient (Wildman–Crippen LogP) is 4.78. The number of imide groups is 1. The van der Waals surface area contributed by atoms with Gasteiger partial charge in [0.1, 0.15) is 13.2 Å². The Kier molecular flexibility index (Phi) is 5.08. The number of nitrogens with zero attached hydrogens (tertiary/aromatic N) is 2. The van der Waals surface area contributed by atoms with E-state index in [1.807, 2.05) is 12.1 Å². The fourth-order valence-corrected chi connectivity index (χ4v) is 6.19. The van der Waals surface area contributed by atoms with Crippen LogP contribution in [0.5, 0.6) is 11.5 Å². The van der Waals surface area contributed by atoms with Crippen LogP contribution in [0.3, 0.4) is 0 Å². The average Bonchev–Trinajstić information content (AvgIpc) is 3.47. The summed E-state index contributed by atoms with van der Waals surface area (Å²) in [6.45, 7) is 3.71. The van der Waals surface area contributed by atoms with Crippen molar-refractivity contribution in [2.75, 3.05) is 24.7 Å². The fourth-order valence-electron chi connectivity index (χ4n) is 6.19. The summed E-state index contributed by atoms with van der Waals surface area (Å²) < 4.78 is 11.3. The van der Waals surface area contributed by atoms with Gasteiger partial charge in [-0.15, -0.1) is 0 Å². The molecular formula is C30H27N3O4. The number of anilines is 1. The van der Waals surface area contributed by atoms with Crippen LogP contribution in [-0.4, -0.2) is 47.5 Å². The second-order valence-electron chi connectivity index (χ2n) is 9.95. The summed E-state index contributed by atoms with van der Waals surface area (Å²) in [5.41, 5.74) is 5.21. The van der Waals surface area contributed by atoms with Crippen LogP contribution >= 0.6 is 0 Å². The van der Waals surface area contributed by atoms with E-state index in [0.717, 1.165) is 11.2 Å². The Bertz CT molecular complexity index is 1530. The molecule has 7 heteroatoms. The van der Waals surface area contributed by atoms with Crippen LogP contribution in [0.4, 0.5) is 5.69 Å². The highest BCUT2D eigenvalue weighted by molar-refractivity contribution is 6.22. The highest BCUT2D eigenvalue weighted by atomic mass is 16.6. The SMILES string of the molecule is CC1c2[nH]c3ccccc3c2C(c2ccccc2)CN1C1CC(=O)N(c2ccc3c(c2)OCCO3)C1=O. The number of amides is 2. The van der Waals surface area contributed by atoms with Crippen molar-refractivity contribution < 1.29 is 19.1 Å². The molecular weight excluding hydrogens is 466 g/mol. The molecule has 186 valence electrons. The number of aromatic nitrogens is 1. The first-order valence-corrected chi connectivity index (χ1v) is 12.8. The first-order chi connectivity index (χ1) is 18.1. The summed E-state index contributed by atoms with van der Waals surface area (Å²) in [6, 6.07) is 23.5. The maximum Gasteiger partial charge on any atom is 0.251 e. The lowest BCUT2D eigenvalue weighted by atomic mass is 9.83. The Morgan fingerprint density at radius 3 is 2.49 bits per heavy atom. The van der Waals surface area contributed by atoms with Crippen molar-refractivity contribution in [1.82, 2.24) is 9.88 Å². The number of benzene rings is 3. The zero-order valence-corrected chi connectivity index (χ0v) is 20.5. The van der Waals surface area contributed by atoms with Crippen molar-refractivity contribution in [2.45, 2.75) is 31.3 Å². The monoisotopic (exact) mass is 493 g/mol. The second kappa shape index (κ2) is 8.49. The van der Waals surface area contributed by atoms with Crippen LogP contribution in [0, 0.1) is 0 Å². The Morgan fingerprint density at radius 1 is 0.892 bits per heavy atom. The molecule has 7 nitrogen and oxygen atoms in total. The molecule has 0 saturated carbocycles. The van der Waals surface area contributed by atoms with Crippen LogP contribution < -0.4 is 14.4 Å². The van der Waals surface area contributed by atoms with Crippen molar-refractivity contribution in [3.63, 3.8) is 0 Å². The number of aromatic amines is 1.